The molecule has 0 aliphatic carbocycles. The maximum Gasteiger partial charge on any atom is 0.306 e. The highest BCUT2D eigenvalue weighted by atomic mass is 16.6. The lowest BCUT2D eigenvalue weighted by molar-refractivity contribution is -0.161. The van der Waals surface area contributed by atoms with E-state index in [1.165, 1.54) is 295 Å². The minimum Gasteiger partial charge on any atom is -0.462 e. The topological polar surface area (TPSA) is 72.8 Å². The molecule has 388 valence electrons. The molecular formula is C60H118O5. The number of hydrogen-bond acceptors (Lipinski definition) is 5. The average molecular weight is 920 g/mol. The zero-order chi connectivity index (χ0) is 47.0. The molecule has 0 saturated carbocycles. The summed E-state index contributed by atoms with van der Waals surface area (Å²) >= 11 is 0. The van der Waals surface area contributed by atoms with E-state index in [0.29, 0.717) is 12.8 Å². The van der Waals surface area contributed by atoms with Crippen LogP contribution in [0.25, 0.3) is 0 Å². The zero-order valence-corrected chi connectivity index (χ0v) is 44.5. The number of ether oxygens (including phenoxy) is 2. The minimum atomic E-state index is -0.764. The summed E-state index contributed by atoms with van der Waals surface area (Å²) in [6.45, 7) is 4.21. The van der Waals surface area contributed by atoms with Crippen LogP contribution in [0.15, 0.2) is 0 Å². The summed E-state index contributed by atoms with van der Waals surface area (Å²) in [4.78, 5) is 24.5. The Labute approximate surface area is 408 Å². The van der Waals surface area contributed by atoms with E-state index in [4.69, 9.17) is 9.47 Å². The van der Waals surface area contributed by atoms with Crippen molar-refractivity contribution in [1.82, 2.24) is 0 Å². The lowest BCUT2D eigenvalue weighted by Gasteiger charge is -2.15. The van der Waals surface area contributed by atoms with Crippen LogP contribution in [0.1, 0.15) is 354 Å². The number of carbonyl (C=O) groups excluding carboxylic acids is 2. The molecule has 5 heteroatoms. The number of unbranched alkanes of at least 4 members (excludes halogenated alkanes) is 49. The maximum absolute atomic E-state index is 12.3. The van der Waals surface area contributed by atoms with Crippen molar-refractivity contribution < 1.29 is 24.2 Å². The molecule has 0 fully saturated rings. The first-order chi connectivity index (χ1) is 32.1. The van der Waals surface area contributed by atoms with Crippen molar-refractivity contribution in [2.45, 2.75) is 360 Å². The van der Waals surface area contributed by atoms with Gasteiger partial charge in [0.05, 0.1) is 6.61 Å². The predicted octanol–water partition coefficient (Wildman–Crippen LogP) is 20.1. The van der Waals surface area contributed by atoms with Gasteiger partial charge in [-0.15, -0.1) is 0 Å². The first-order valence-corrected chi connectivity index (χ1v) is 30.1. The summed E-state index contributed by atoms with van der Waals surface area (Å²) in [5.41, 5.74) is 0. The van der Waals surface area contributed by atoms with E-state index in [0.717, 1.165) is 32.1 Å². The van der Waals surface area contributed by atoms with Crippen molar-refractivity contribution in [1.29, 1.82) is 0 Å². The third-order valence-electron chi connectivity index (χ3n) is 14.2. The monoisotopic (exact) mass is 919 g/mol. The van der Waals surface area contributed by atoms with Crippen molar-refractivity contribution in [2.24, 2.45) is 0 Å². The van der Waals surface area contributed by atoms with Gasteiger partial charge in [0.15, 0.2) is 6.10 Å². The number of aliphatic hydroxyl groups is 1. The molecule has 1 atom stereocenters. The molecule has 0 aromatic heterocycles. The van der Waals surface area contributed by atoms with Gasteiger partial charge in [-0.25, -0.2) is 0 Å². The van der Waals surface area contributed by atoms with Crippen LogP contribution in [0.5, 0.6) is 0 Å². The van der Waals surface area contributed by atoms with Gasteiger partial charge in [0.2, 0.25) is 0 Å². The Kier molecular flexibility index (Phi) is 56.3. The van der Waals surface area contributed by atoms with Crippen LogP contribution < -0.4 is 0 Å². The summed E-state index contributed by atoms with van der Waals surface area (Å²) in [5.74, 6) is -0.564. The molecule has 1 N–H and O–H groups in total. The fraction of sp³-hybridized carbons (Fsp3) is 0.967. The molecule has 5 nitrogen and oxygen atoms in total. The molecule has 0 aliphatic heterocycles. The van der Waals surface area contributed by atoms with E-state index >= 15 is 0 Å². The number of hydrogen-bond donors (Lipinski definition) is 1. The van der Waals surface area contributed by atoms with Gasteiger partial charge in [0.25, 0.3) is 0 Å². The average Bonchev–Trinajstić information content (AvgIpc) is 3.31. The highest BCUT2D eigenvalue weighted by Crippen LogP contribution is 2.19. The Morgan fingerprint density at radius 1 is 0.292 bits per heavy atom. The molecule has 0 spiro atoms. The Morgan fingerprint density at radius 3 is 0.677 bits per heavy atom. The third-order valence-corrected chi connectivity index (χ3v) is 14.2. The molecule has 0 saturated heterocycles. The van der Waals surface area contributed by atoms with Crippen LogP contribution in [0.2, 0.25) is 0 Å². The Hall–Kier alpha value is -1.10. The van der Waals surface area contributed by atoms with Crippen LogP contribution in [-0.2, 0) is 19.1 Å². The van der Waals surface area contributed by atoms with E-state index in [2.05, 4.69) is 13.8 Å². The Balaban J connectivity index is 3.35. The van der Waals surface area contributed by atoms with Gasteiger partial charge in [-0.05, 0) is 12.8 Å². The number of aliphatic hydroxyl groups excluding tert-OH is 1. The smallest absolute Gasteiger partial charge is 0.306 e. The highest BCUT2D eigenvalue weighted by molar-refractivity contribution is 5.70. The van der Waals surface area contributed by atoms with Crippen molar-refractivity contribution in [2.75, 3.05) is 13.2 Å². The van der Waals surface area contributed by atoms with Gasteiger partial charge in [0.1, 0.15) is 6.61 Å². The second-order valence-electron chi connectivity index (χ2n) is 20.8. The van der Waals surface area contributed by atoms with Crippen molar-refractivity contribution in [3.05, 3.63) is 0 Å². The summed E-state index contributed by atoms with van der Waals surface area (Å²) in [5, 5.41) is 9.65. The van der Waals surface area contributed by atoms with Gasteiger partial charge in [-0.3, -0.25) is 9.59 Å². The zero-order valence-electron chi connectivity index (χ0n) is 44.5. The molecule has 0 heterocycles. The number of carbonyl (C=O) groups is 2. The molecule has 0 amide bonds. The molecule has 0 radical (unpaired) electrons. The second-order valence-corrected chi connectivity index (χ2v) is 20.8. The summed E-state index contributed by atoms with van der Waals surface area (Å²) in [6.07, 6.45) is 69.7. The van der Waals surface area contributed by atoms with Crippen molar-refractivity contribution in [3.8, 4) is 0 Å². The van der Waals surface area contributed by atoms with Gasteiger partial charge in [-0.1, -0.05) is 328 Å². The fourth-order valence-electron chi connectivity index (χ4n) is 9.62. The maximum atomic E-state index is 12.3. The summed E-state index contributed by atoms with van der Waals surface area (Å²) in [7, 11) is 0. The van der Waals surface area contributed by atoms with E-state index in [1.807, 2.05) is 0 Å². The Morgan fingerprint density at radius 2 is 0.477 bits per heavy atom. The summed E-state index contributed by atoms with van der Waals surface area (Å²) in [6, 6.07) is 0. The Bertz CT molecular complexity index is 906. The first kappa shape index (κ1) is 63.9. The standard InChI is InChI=1S/C60H118O5/c1-3-5-7-9-11-13-15-17-19-21-22-23-24-25-26-27-28-29-30-31-32-33-34-35-36-37-39-41-43-45-47-49-51-53-55-60(63)65-58(56-61)57-64-59(62)54-52-50-48-46-44-42-40-38-20-18-16-14-12-10-8-6-4-2/h58,61H,3-57H2,1-2H3. The molecule has 0 aromatic rings. The molecule has 0 aromatic carbocycles. The van der Waals surface area contributed by atoms with Gasteiger partial charge in [0, 0.05) is 12.8 Å². The summed E-state index contributed by atoms with van der Waals surface area (Å²) < 4.78 is 10.7. The largest absolute Gasteiger partial charge is 0.462 e. The van der Waals surface area contributed by atoms with Crippen LogP contribution in [-0.4, -0.2) is 36.4 Å². The fourth-order valence-corrected chi connectivity index (χ4v) is 9.62. The lowest BCUT2D eigenvalue weighted by atomic mass is 10.0. The molecular weight excluding hydrogens is 801 g/mol. The van der Waals surface area contributed by atoms with Crippen LogP contribution in [0.4, 0.5) is 0 Å². The van der Waals surface area contributed by atoms with Crippen molar-refractivity contribution in [3.63, 3.8) is 0 Å². The predicted molar refractivity (Wildman–Crippen MR) is 284 cm³/mol. The van der Waals surface area contributed by atoms with Crippen molar-refractivity contribution >= 4 is 11.9 Å². The number of rotatable bonds is 57. The number of esters is 2. The van der Waals surface area contributed by atoms with Gasteiger partial charge < -0.3 is 14.6 Å². The normalized spacial score (nSPS) is 12.0. The molecule has 1 unspecified atom stereocenters. The first-order valence-electron chi connectivity index (χ1n) is 30.1. The van der Waals surface area contributed by atoms with Gasteiger partial charge in [-0.2, -0.15) is 0 Å². The highest BCUT2D eigenvalue weighted by Gasteiger charge is 2.16. The van der Waals surface area contributed by atoms with E-state index in [-0.39, 0.29) is 25.2 Å². The minimum absolute atomic E-state index is 0.0558. The lowest BCUT2D eigenvalue weighted by Crippen LogP contribution is -2.28. The molecule has 0 rings (SSSR count). The van der Waals surface area contributed by atoms with E-state index < -0.39 is 6.10 Å². The second kappa shape index (κ2) is 57.2. The SMILES string of the molecule is CCCCCCCCCCCCCCCCCCCCCCCCCCCCCCCCCCCCC(=O)OC(CO)COC(=O)CCCCCCCCCCCCCCCCCCC. The molecule has 0 bridgehead atoms. The molecule has 65 heavy (non-hydrogen) atoms. The van der Waals surface area contributed by atoms with E-state index in [9.17, 15) is 14.7 Å². The van der Waals surface area contributed by atoms with Crippen LogP contribution >= 0.6 is 0 Å². The van der Waals surface area contributed by atoms with Crippen LogP contribution in [0.3, 0.4) is 0 Å². The van der Waals surface area contributed by atoms with E-state index in [1.54, 1.807) is 0 Å². The quantitative estimate of drug-likeness (QED) is 0.0486. The van der Waals surface area contributed by atoms with Gasteiger partial charge >= 0.3 is 11.9 Å². The molecule has 0 aliphatic rings. The third kappa shape index (κ3) is 55.4. The van der Waals surface area contributed by atoms with Crippen LogP contribution in [0, 0.1) is 0 Å².